The van der Waals surface area contributed by atoms with Crippen LogP contribution in [0.5, 0.6) is 11.5 Å². The summed E-state index contributed by atoms with van der Waals surface area (Å²) in [7, 11) is 0. The first-order valence-corrected chi connectivity index (χ1v) is 7.99. The SMILES string of the molecule is CCN(Cc1ccc2c(c1)OCO2)C(=O)c1ccc([N+](=O)[O-])cc1Cl. The van der Waals surface area contributed by atoms with E-state index in [2.05, 4.69) is 0 Å². The van der Waals surface area contributed by atoms with Gasteiger partial charge in [-0.3, -0.25) is 14.9 Å². The van der Waals surface area contributed by atoms with Gasteiger partial charge in [0.15, 0.2) is 11.5 Å². The zero-order valence-corrected chi connectivity index (χ0v) is 14.2. The molecule has 0 N–H and O–H groups in total. The highest BCUT2D eigenvalue weighted by molar-refractivity contribution is 6.34. The van der Waals surface area contributed by atoms with E-state index in [0.29, 0.717) is 24.6 Å². The highest BCUT2D eigenvalue weighted by Crippen LogP contribution is 2.33. The minimum atomic E-state index is -0.551. The summed E-state index contributed by atoms with van der Waals surface area (Å²) in [5.74, 6) is 1.03. The van der Waals surface area contributed by atoms with Gasteiger partial charge in [0.1, 0.15) is 0 Å². The van der Waals surface area contributed by atoms with Gasteiger partial charge >= 0.3 is 0 Å². The number of amides is 1. The summed E-state index contributed by atoms with van der Waals surface area (Å²) in [6, 6.07) is 9.33. The maximum atomic E-state index is 12.7. The van der Waals surface area contributed by atoms with E-state index in [1.165, 1.54) is 18.2 Å². The maximum absolute atomic E-state index is 12.7. The molecule has 2 aromatic rings. The summed E-state index contributed by atoms with van der Waals surface area (Å²) < 4.78 is 10.6. The van der Waals surface area contributed by atoms with Gasteiger partial charge in [-0.2, -0.15) is 0 Å². The number of hydrogen-bond donors (Lipinski definition) is 0. The lowest BCUT2D eigenvalue weighted by molar-refractivity contribution is -0.384. The number of benzene rings is 2. The molecule has 0 atom stereocenters. The van der Waals surface area contributed by atoms with Crippen LogP contribution in [0.15, 0.2) is 36.4 Å². The lowest BCUT2D eigenvalue weighted by Gasteiger charge is -2.21. The lowest BCUT2D eigenvalue weighted by atomic mass is 10.1. The fourth-order valence-corrected chi connectivity index (χ4v) is 2.80. The Kier molecular flexibility index (Phi) is 4.76. The molecule has 1 aliphatic rings. The van der Waals surface area contributed by atoms with Gasteiger partial charge in [-0.25, -0.2) is 0 Å². The molecule has 1 aliphatic heterocycles. The number of fused-ring (bicyclic) bond motifs is 1. The van der Waals surface area contributed by atoms with Crippen molar-refractivity contribution in [2.75, 3.05) is 13.3 Å². The van der Waals surface area contributed by atoms with E-state index in [-0.39, 0.29) is 29.0 Å². The predicted molar refractivity (Wildman–Crippen MR) is 91.1 cm³/mol. The topological polar surface area (TPSA) is 81.9 Å². The standard InChI is InChI=1S/C17H15ClN2O5/c1-2-19(9-11-3-6-15-16(7-11)25-10-24-15)17(21)13-5-4-12(20(22)23)8-14(13)18/h3-8H,2,9-10H2,1H3. The van der Waals surface area contributed by atoms with Gasteiger partial charge in [0.25, 0.3) is 11.6 Å². The number of ether oxygens (including phenoxy) is 2. The monoisotopic (exact) mass is 362 g/mol. The molecule has 0 saturated carbocycles. The van der Waals surface area contributed by atoms with Crippen molar-refractivity contribution in [2.24, 2.45) is 0 Å². The van der Waals surface area contributed by atoms with Crippen molar-refractivity contribution in [2.45, 2.75) is 13.5 Å². The molecular formula is C17H15ClN2O5. The largest absolute Gasteiger partial charge is 0.454 e. The van der Waals surface area contributed by atoms with Crippen LogP contribution in [0.1, 0.15) is 22.8 Å². The second-order valence-electron chi connectivity index (χ2n) is 5.43. The minimum Gasteiger partial charge on any atom is -0.454 e. The Labute approximate surface area is 148 Å². The normalized spacial score (nSPS) is 12.1. The quantitative estimate of drug-likeness (QED) is 0.599. The number of non-ortho nitro benzene ring substituents is 1. The second-order valence-corrected chi connectivity index (χ2v) is 5.84. The first-order valence-electron chi connectivity index (χ1n) is 7.61. The summed E-state index contributed by atoms with van der Waals surface area (Å²) >= 11 is 6.06. The molecular weight excluding hydrogens is 348 g/mol. The van der Waals surface area contributed by atoms with Crippen LogP contribution in [0.4, 0.5) is 5.69 Å². The summed E-state index contributed by atoms with van der Waals surface area (Å²) in [5.41, 5.74) is 0.965. The average molecular weight is 363 g/mol. The Morgan fingerprint density at radius 3 is 2.68 bits per heavy atom. The van der Waals surface area contributed by atoms with Crippen molar-refractivity contribution < 1.29 is 19.2 Å². The van der Waals surface area contributed by atoms with E-state index in [4.69, 9.17) is 21.1 Å². The molecule has 0 unspecified atom stereocenters. The Balaban J connectivity index is 1.81. The van der Waals surface area contributed by atoms with E-state index in [1.807, 2.05) is 19.1 Å². The van der Waals surface area contributed by atoms with E-state index in [0.717, 1.165) is 5.56 Å². The molecule has 0 fully saturated rings. The molecule has 0 aromatic heterocycles. The summed E-state index contributed by atoms with van der Waals surface area (Å²) in [5, 5.41) is 10.8. The Morgan fingerprint density at radius 2 is 2.00 bits per heavy atom. The Bertz CT molecular complexity index is 840. The molecule has 3 rings (SSSR count). The van der Waals surface area contributed by atoms with Gasteiger partial charge in [-0.15, -0.1) is 0 Å². The highest BCUT2D eigenvalue weighted by atomic mass is 35.5. The van der Waals surface area contributed by atoms with Crippen molar-refractivity contribution in [3.63, 3.8) is 0 Å². The molecule has 8 heteroatoms. The average Bonchev–Trinajstić information content (AvgIpc) is 3.06. The molecule has 25 heavy (non-hydrogen) atoms. The van der Waals surface area contributed by atoms with Crippen molar-refractivity contribution >= 4 is 23.2 Å². The highest BCUT2D eigenvalue weighted by Gasteiger charge is 2.21. The van der Waals surface area contributed by atoms with Crippen molar-refractivity contribution in [1.82, 2.24) is 4.90 Å². The molecule has 0 bridgehead atoms. The van der Waals surface area contributed by atoms with Crippen LogP contribution in [-0.4, -0.2) is 29.1 Å². The van der Waals surface area contributed by atoms with Crippen molar-refractivity contribution in [3.05, 3.63) is 62.7 Å². The number of carbonyl (C=O) groups excluding carboxylic acids is 1. The maximum Gasteiger partial charge on any atom is 0.270 e. The summed E-state index contributed by atoms with van der Waals surface area (Å²) in [6.07, 6.45) is 0. The van der Waals surface area contributed by atoms with E-state index < -0.39 is 4.92 Å². The zero-order chi connectivity index (χ0) is 18.0. The third kappa shape index (κ3) is 3.51. The Morgan fingerprint density at radius 1 is 1.24 bits per heavy atom. The lowest BCUT2D eigenvalue weighted by Crippen LogP contribution is -2.30. The molecule has 2 aromatic carbocycles. The molecule has 1 amide bonds. The van der Waals surface area contributed by atoms with Crippen LogP contribution < -0.4 is 9.47 Å². The smallest absolute Gasteiger partial charge is 0.270 e. The van der Waals surface area contributed by atoms with E-state index in [9.17, 15) is 14.9 Å². The van der Waals surface area contributed by atoms with Crippen molar-refractivity contribution in [1.29, 1.82) is 0 Å². The summed E-state index contributed by atoms with van der Waals surface area (Å²) in [4.78, 5) is 24.6. The minimum absolute atomic E-state index is 0.0586. The summed E-state index contributed by atoms with van der Waals surface area (Å²) in [6.45, 7) is 2.86. The van der Waals surface area contributed by atoms with Crippen LogP contribution in [-0.2, 0) is 6.54 Å². The second kappa shape index (κ2) is 6.98. The third-order valence-electron chi connectivity index (χ3n) is 3.87. The predicted octanol–water partition coefficient (Wildman–Crippen LogP) is 3.64. The van der Waals surface area contributed by atoms with Gasteiger partial charge in [-0.1, -0.05) is 17.7 Å². The van der Waals surface area contributed by atoms with Crippen LogP contribution in [0.2, 0.25) is 5.02 Å². The van der Waals surface area contributed by atoms with Crippen LogP contribution >= 0.6 is 11.6 Å². The number of halogens is 1. The number of nitro groups is 1. The fourth-order valence-electron chi connectivity index (χ4n) is 2.55. The molecule has 0 radical (unpaired) electrons. The van der Waals surface area contributed by atoms with Gasteiger partial charge in [0, 0.05) is 25.2 Å². The first-order chi connectivity index (χ1) is 12.0. The van der Waals surface area contributed by atoms with Crippen LogP contribution in [0, 0.1) is 10.1 Å². The molecule has 0 spiro atoms. The van der Waals surface area contributed by atoms with Crippen LogP contribution in [0.3, 0.4) is 0 Å². The molecule has 7 nitrogen and oxygen atoms in total. The Hall–Kier alpha value is -2.80. The zero-order valence-electron chi connectivity index (χ0n) is 13.4. The van der Waals surface area contributed by atoms with Crippen LogP contribution in [0.25, 0.3) is 0 Å². The van der Waals surface area contributed by atoms with Gasteiger partial charge in [0.2, 0.25) is 6.79 Å². The number of rotatable bonds is 5. The molecule has 1 heterocycles. The number of hydrogen-bond acceptors (Lipinski definition) is 5. The number of nitrogens with zero attached hydrogens (tertiary/aromatic N) is 2. The van der Waals surface area contributed by atoms with Gasteiger partial charge < -0.3 is 14.4 Å². The molecule has 0 aliphatic carbocycles. The third-order valence-corrected chi connectivity index (χ3v) is 4.19. The van der Waals surface area contributed by atoms with Gasteiger partial charge in [-0.05, 0) is 30.7 Å². The van der Waals surface area contributed by atoms with Crippen molar-refractivity contribution in [3.8, 4) is 11.5 Å². The fraction of sp³-hybridized carbons (Fsp3) is 0.235. The van der Waals surface area contributed by atoms with E-state index in [1.54, 1.807) is 11.0 Å². The van der Waals surface area contributed by atoms with Gasteiger partial charge in [0.05, 0.1) is 15.5 Å². The number of carbonyl (C=O) groups is 1. The molecule has 0 saturated heterocycles. The first kappa shape index (κ1) is 17.0. The van der Waals surface area contributed by atoms with E-state index >= 15 is 0 Å². The number of nitro benzene ring substituents is 1. The molecule has 130 valence electrons.